The van der Waals surface area contributed by atoms with Gasteiger partial charge in [-0.25, -0.2) is 9.97 Å². The lowest BCUT2D eigenvalue weighted by atomic mass is 10.2. The molecule has 3 heterocycles. The predicted octanol–water partition coefficient (Wildman–Crippen LogP) is 0.531. The molecule has 24 heavy (non-hydrogen) atoms. The number of piperazine rings is 1. The Hall–Kier alpha value is -2.55. The van der Waals surface area contributed by atoms with Crippen molar-refractivity contribution in [1.29, 1.82) is 0 Å². The lowest BCUT2D eigenvalue weighted by Crippen LogP contribution is -2.49. The molecule has 0 saturated carbocycles. The first kappa shape index (κ1) is 16.3. The van der Waals surface area contributed by atoms with Crippen LogP contribution < -0.4 is 4.90 Å². The molecule has 1 fully saturated rings. The maximum Gasteiger partial charge on any atom is 0.311 e. The number of aromatic nitrogens is 4. The summed E-state index contributed by atoms with van der Waals surface area (Å²) in [6.07, 6.45) is 2.45. The largest absolute Gasteiger partial charge is 0.414 e. The van der Waals surface area contributed by atoms with Crippen LogP contribution in [-0.4, -0.2) is 64.3 Å². The summed E-state index contributed by atoms with van der Waals surface area (Å²) in [5.41, 5.74) is 1.01. The molecule has 0 radical (unpaired) electrons. The molecule has 9 heteroatoms. The Morgan fingerprint density at radius 2 is 2.04 bits per heavy atom. The summed E-state index contributed by atoms with van der Waals surface area (Å²) in [4.78, 5) is 24.8. The lowest BCUT2D eigenvalue weighted by Gasteiger charge is -2.34. The highest BCUT2D eigenvalue weighted by Gasteiger charge is 2.26. The topological polar surface area (TPSA) is 97.5 Å². The van der Waals surface area contributed by atoms with Crippen LogP contribution in [0.25, 0.3) is 0 Å². The van der Waals surface area contributed by atoms with Crippen molar-refractivity contribution in [2.75, 3.05) is 38.2 Å². The Morgan fingerprint density at radius 1 is 1.25 bits per heavy atom. The van der Waals surface area contributed by atoms with E-state index in [0.717, 1.165) is 17.9 Å². The van der Waals surface area contributed by atoms with Crippen molar-refractivity contribution in [3.05, 3.63) is 29.9 Å². The van der Waals surface area contributed by atoms with E-state index in [4.69, 9.17) is 9.15 Å². The first-order valence-corrected chi connectivity index (χ1v) is 7.87. The van der Waals surface area contributed by atoms with Crippen LogP contribution in [0.3, 0.4) is 0 Å². The second-order valence-corrected chi connectivity index (χ2v) is 5.43. The fourth-order valence-electron chi connectivity index (χ4n) is 2.55. The van der Waals surface area contributed by atoms with Gasteiger partial charge in [0.15, 0.2) is 0 Å². The van der Waals surface area contributed by atoms with Crippen molar-refractivity contribution in [2.45, 2.75) is 20.0 Å². The minimum Gasteiger partial charge on any atom is -0.414 e. The van der Waals surface area contributed by atoms with Crippen molar-refractivity contribution in [3.8, 4) is 0 Å². The molecule has 2 aromatic heterocycles. The molecule has 0 unspecified atom stereocenters. The standard InChI is InChI=1S/C15H20N6O3/c1-3-11-8-12(17-10-16-11)20-4-6-21(7-5-20)15(22)14-19-18-13(24-14)9-23-2/h8,10H,3-7,9H2,1-2H3. The number of carbonyl (C=O) groups excluding carboxylic acids is 1. The van der Waals surface area contributed by atoms with Crippen LogP contribution >= 0.6 is 0 Å². The minimum absolute atomic E-state index is 0.00538. The maximum atomic E-state index is 12.4. The van der Waals surface area contributed by atoms with Crippen LogP contribution in [0.1, 0.15) is 29.2 Å². The van der Waals surface area contributed by atoms with E-state index in [1.54, 1.807) is 11.2 Å². The molecule has 0 N–H and O–H groups in total. The molecule has 1 aliphatic rings. The second kappa shape index (κ2) is 7.35. The number of nitrogens with zero attached hydrogens (tertiary/aromatic N) is 6. The van der Waals surface area contributed by atoms with E-state index >= 15 is 0 Å². The fraction of sp³-hybridized carbons (Fsp3) is 0.533. The summed E-state index contributed by atoms with van der Waals surface area (Å²) in [6.45, 7) is 4.81. The lowest BCUT2D eigenvalue weighted by molar-refractivity contribution is 0.0698. The van der Waals surface area contributed by atoms with E-state index in [-0.39, 0.29) is 18.4 Å². The predicted molar refractivity (Wildman–Crippen MR) is 84.5 cm³/mol. The minimum atomic E-state index is -0.249. The zero-order chi connectivity index (χ0) is 16.9. The van der Waals surface area contributed by atoms with E-state index in [2.05, 4.69) is 32.0 Å². The third-order valence-electron chi connectivity index (χ3n) is 3.88. The number of aryl methyl sites for hydroxylation is 1. The van der Waals surface area contributed by atoms with Gasteiger partial charge in [0.25, 0.3) is 0 Å². The van der Waals surface area contributed by atoms with Gasteiger partial charge in [-0.3, -0.25) is 4.79 Å². The van der Waals surface area contributed by atoms with Gasteiger partial charge in [0.05, 0.1) is 0 Å². The van der Waals surface area contributed by atoms with E-state index < -0.39 is 0 Å². The van der Waals surface area contributed by atoms with E-state index in [0.29, 0.717) is 32.1 Å². The molecule has 1 aliphatic heterocycles. The monoisotopic (exact) mass is 332 g/mol. The van der Waals surface area contributed by atoms with Crippen molar-refractivity contribution in [2.24, 2.45) is 0 Å². The summed E-state index contributed by atoms with van der Waals surface area (Å²) in [7, 11) is 1.53. The number of rotatable bonds is 5. The van der Waals surface area contributed by atoms with Gasteiger partial charge in [-0.05, 0) is 6.42 Å². The summed E-state index contributed by atoms with van der Waals surface area (Å²) >= 11 is 0. The highest BCUT2D eigenvalue weighted by atomic mass is 16.5. The van der Waals surface area contributed by atoms with Crippen molar-refractivity contribution in [1.82, 2.24) is 25.1 Å². The van der Waals surface area contributed by atoms with Crippen LogP contribution in [0.5, 0.6) is 0 Å². The molecule has 1 amide bonds. The number of hydrogen-bond acceptors (Lipinski definition) is 8. The van der Waals surface area contributed by atoms with Gasteiger partial charge in [-0.1, -0.05) is 6.92 Å². The van der Waals surface area contributed by atoms with Gasteiger partial charge >= 0.3 is 11.8 Å². The summed E-state index contributed by atoms with van der Waals surface area (Å²) in [5, 5.41) is 7.57. The average Bonchev–Trinajstić information content (AvgIpc) is 3.10. The Kier molecular flexibility index (Phi) is 4.99. The molecule has 2 aromatic rings. The van der Waals surface area contributed by atoms with E-state index in [9.17, 15) is 4.79 Å². The Bertz CT molecular complexity index is 696. The Labute approximate surface area is 139 Å². The Balaban J connectivity index is 1.60. The molecule has 0 aromatic carbocycles. The number of anilines is 1. The number of hydrogen-bond donors (Lipinski definition) is 0. The van der Waals surface area contributed by atoms with Gasteiger partial charge in [-0.15, -0.1) is 10.2 Å². The fourth-order valence-corrected chi connectivity index (χ4v) is 2.55. The second-order valence-electron chi connectivity index (χ2n) is 5.43. The van der Waals surface area contributed by atoms with Crippen LogP contribution in [0.2, 0.25) is 0 Å². The Morgan fingerprint density at radius 3 is 2.75 bits per heavy atom. The van der Waals surface area contributed by atoms with Gasteiger partial charge < -0.3 is 19.0 Å². The summed E-state index contributed by atoms with van der Waals surface area (Å²) in [5.74, 6) is 0.953. The van der Waals surface area contributed by atoms with Gasteiger partial charge in [0, 0.05) is 45.0 Å². The smallest absolute Gasteiger partial charge is 0.311 e. The van der Waals surface area contributed by atoms with Crippen LogP contribution in [-0.2, 0) is 17.8 Å². The third kappa shape index (κ3) is 3.51. The van der Waals surface area contributed by atoms with Gasteiger partial charge in [0.2, 0.25) is 5.89 Å². The van der Waals surface area contributed by atoms with Gasteiger partial charge in [-0.2, -0.15) is 0 Å². The van der Waals surface area contributed by atoms with Crippen LogP contribution in [0.4, 0.5) is 5.82 Å². The molecule has 9 nitrogen and oxygen atoms in total. The van der Waals surface area contributed by atoms with Crippen molar-refractivity contribution in [3.63, 3.8) is 0 Å². The number of ether oxygens (including phenoxy) is 1. The quantitative estimate of drug-likeness (QED) is 0.782. The first-order valence-electron chi connectivity index (χ1n) is 7.87. The van der Waals surface area contributed by atoms with Crippen molar-refractivity contribution < 1.29 is 13.9 Å². The average molecular weight is 332 g/mol. The third-order valence-corrected chi connectivity index (χ3v) is 3.88. The first-order chi connectivity index (χ1) is 11.7. The molecular formula is C15H20N6O3. The maximum absolute atomic E-state index is 12.4. The van der Waals surface area contributed by atoms with E-state index in [1.807, 2.05) is 6.07 Å². The highest BCUT2D eigenvalue weighted by Crippen LogP contribution is 2.15. The molecule has 0 spiro atoms. The molecule has 0 atom stereocenters. The SMILES string of the molecule is CCc1cc(N2CCN(C(=O)c3nnc(COC)o3)CC2)ncn1. The van der Waals surface area contributed by atoms with Crippen LogP contribution in [0.15, 0.2) is 16.8 Å². The molecule has 1 saturated heterocycles. The molecular weight excluding hydrogens is 312 g/mol. The number of amides is 1. The summed E-state index contributed by atoms with van der Waals surface area (Å²) in [6, 6.07) is 1.99. The molecule has 0 aliphatic carbocycles. The van der Waals surface area contributed by atoms with Crippen LogP contribution in [0, 0.1) is 0 Å². The molecule has 0 bridgehead atoms. The zero-order valence-corrected chi connectivity index (χ0v) is 13.8. The zero-order valence-electron chi connectivity index (χ0n) is 13.8. The van der Waals surface area contributed by atoms with E-state index in [1.165, 1.54) is 7.11 Å². The highest BCUT2D eigenvalue weighted by molar-refractivity contribution is 5.89. The number of carbonyl (C=O) groups is 1. The molecule has 3 rings (SSSR count). The van der Waals surface area contributed by atoms with Gasteiger partial charge in [0.1, 0.15) is 18.8 Å². The normalized spacial score (nSPS) is 14.9. The molecule has 128 valence electrons. The van der Waals surface area contributed by atoms with Crippen molar-refractivity contribution >= 4 is 11.7 Å². The number of methoxy groups -OCH3 is 1. The summed E-state index contributed by atoms with van der Waals surface area (Å²) < 4.78 is 10.2.